The van der Waals surface area contributed by atoms with Crippen LogP contribution >= 0.6 is 0 Å². The lowest BCUT2D eigenvalue weighted by Gasteiger charge is -2.05. The highest BCUT2D eigenvalue weighted by molar-refractivity contribution is 5.59. The second-order valence-electron chi connectivity index (χ2n) is 4.13. The Labute approximate surface area is 106 Å². The summed E-state index contributed by atoms with van der Waals surface area (Å²) in [6.45, 7) is 0. The van der Waals surface area contributed by atoms with E-state index in [1.54, 1.807) is 0 Å². The number of aryl methyl sites for hydroxylation is 1. The lowest BCUT2D eigenvalue weighted by molar-refractivity contribution is -0.674. The molecule has 0 aliphatic heterocycles. The van der Waals surface area contributed by atoms with Crippen LogP contribution in [0, 0.1) is 6.33 Å². The quantitative estimate of drug-likeness (QED) is 0.493. The Morgan fingerprint density at radius 1 is 1.06 bits per heavy atom. The van der Waals surface area contributed by atoms with Gasteiger partial charge in [0.15, 0.2) is 0 Å². The normalized spacial score (nSPS) is 10.5. The van der Waals surface area contributed by atoms with Gasteiger partial charge < -0.3 is 9.13 Å². The predicted octanol–water partition coefficient (Wildman–Crippen LogP) is 2.16. The molecule has 0 N–H and O–H groups in total. The molecule has 0 aliphatic carbocycles. The SMILES string of the molecule is C[n+]1[c-]n(-c2cccc(-c3ccccc3)n2)cc1. The Hall–Kier alpha value is -2.42. The van der Waals surface area contributed by atoms with E-state index < -0.39 is 0 Å². The molecule has 2 heterocycles. The molecule has 0 fully saturated rings. The Kier molecular flexibility index (Phi) is 2.65. The van der Waals surface area contributed by atoms with Crippen LogP contribution in [0.3, 0.4) is 0 Å². The fourth-order valence-electron chi connectivity index (χ4n) is 1.86. The van der Waals surface area contributed by atoms with Gasteiger partial charge in [0.05, 0.1) is 12.7 Å². The second-order valence-corrected chi connectivity index (χ2v) is 4.13. The van der Waals surface area contributed by atoms with Gasteiger partial charge in [0.25, 0.3) is 0 Å². The zero-order valence-electron chi connectivity index (χ0n) is 10.1. The lowest BCUT2D eigenvalue weighted by Crippen LogP contribution is -2.24. The zero-order chi connectivity index (χ0) is 12.4. The number of hydrogen-bond acceptors (Lipinski definition) is 1. The highest BCUT2D eigenvalue weighted by Crippen LogP contribution is 2.17. The number of benzene rings is 1. The van der Waals surface area contributed by atoms with Crippen LogP contribution in [0.2, 0.25) is 0 Å². The van der Waals surface area contributed by atoms with Gasteiger partial charge in [0, 0.05) is 12.4 Å². The van der Waals surface area contributed by atoms with Gasteiger partial charge in [-0.3, -0.25) is 4.98 Å². The second kappa shape index (κ2) is 4.45. The average Bonchev–Trinajstić information content (AvgIpc) is 2.87. The molecule has 1 aromatic carbocycles. The highest BCUT2D eigenvalue weighted by Gasteiger charge is 2.01. The Balaban J connectivity index is 2.05. The van der Waals surface area contributed by atoms with Crippen LogP contribution in [0.1, 0.15) is 0 Å². The van der Waals surface area contributed by atoms with Crippen LogP contribution in [-0.4, -0.2) is 9.55 Å². The van der Waals surface area contributed by atoms with Crippen molar-refractivity contribution in [3.8, 4) is 17.1 Å². The molecule has 0 radical (unpaired) electrons. The minimum atomic E-state index is 0.872. The molecular formula is C15H13N3. The molecule has 3 rings (SSSR count). The number of pyridine rings is 1. The summed E-state index contributed by atoms with van der Waals surface area (Å²) in [7, 11) is 1.94. The molecule has 0 bridgehead atoms. The molecule has 2 aromatic heterocycles. The van der Waals surface area contributed by atoms with E-state index in [0.717, 1.165) is 17.1 Å². The summed E-state index contributed by atoms with van der Waals surface area (Å²) >= 11 is 0. The molecular weight excluding hydrogens is 222 g/mol. The van der Waals surface area contributed by atoms with Crippen molar-refractivity contribution in [1.82, 2.24) is 9.55 Å². The van der Waals surface area contributed by atoms with E-state index in [9.17, 15) is 0 Å². The molecule has 3 aromatic rings. The Morgan fingerprint density at radius 2 is 1.89 bits per heavy atom. The zero-order valence-corrected chi connectivity index (χ0v) is 10.1. The number of imidazole rings is 1. The largest absolute Gasteiger partial charge is 0.323 e. The van der Waals surface area contributed by atoms with Crippen molar-refractivity contribution in [2.24, 2.45) is 7.05 Å². The molecule has 0 amide bonds. The fourth-order valence-corrected chi connectivity index (χ4v) is 1.86. The standard InChI is InChI=1S/C15H13N3/c1-17-10-11-18(12-17)15-9-5-8-14(16-15)13-6-3-2-4-7-13/h2-11H,1H3. The summed E-state index contributed by atoms with van der Waals surface area (Å²) in [5.41, 5.74) is 2.09. The highest BCUT2D eigenvalue weighted by atomic mass is 15.1. The number of nitrogens with zero attached hydrogens (tertiary/aromatic N) is 3. The minimum Gasteiger partial charge on any atom is -0.323 e. The Morgan fingerprint density at radius 3 is 2.61 bits per heavy atom. The van der Waals surface area contributed by atoms with E-state index in [-0.39, 0.29) is 0 Å². The topological polar surface area (TPSA) is 21.7 Å². The maximum atomic E-state index is 4.64. The fraction of sp³-hybridized carbons (Fsp3) is 0.0667. The van der Waals surface area contributed by atoms with Gasteiger partial charge in [0.1, 0.15) is 5.82 Å². The van der Waals surface area contributed by atoms with E-state index in [1.807, 2.05) is 65.0 Å². The van der Waals surface area contributed by atoms with E-state index in [1.165, 1.54) is 0 Å². The van der Waals surface area contributed by atoms with Gasteiger partial charge in [-0.1, -0.05) is 36.4 Å². The van der Waals surface area contributed by atoms with Crippen LogP contribution in [0.4, 0.5) is 0 Å². The van der Waals surface area contributed by atoms with Gasteiger partial charge in [-0.05, 0) is 17.7 Å². The number of rotatable bonds is 2. The molecule has 0 unspecified atom stereocenters. The van der Waals surface area contributed by atoms with Gasteiger partial charge in [0.2, 0.25) is 6.33 Å². The smallest absolute Gasteiger partial charge is 0.244 e. The summed E-state index contributed by atoms with van der Waals surface area (Å²) in [6.07, 6.45) is 7.02. The first-order valence-corrected chi connectivity index (χ1v) is 5.82. The van der Waals surface area contributed by atoms with Crippen molar-refractivity contribution >= 4 is 0 Å². The van der Waals surface area contributed by atoms with Gasteiger partial charge >= 0.3 is 0 Å². The van der Waals surface area contributed by atoms with Crippen molar-refractivity contribution in [3.05, 3.63) is 67.3 Å². The van der Waals surface area contributed by atoms with Crippen molar-refractivity contribution < 1.29 is 4.57 Å². The third-order valence-corrected chi connectivity index (χ3v) is 2.76. The first-order chi connectivity index (χ1) is 8.83. The predicted molar refractivity (Wildman–Crippen MR) is 69.0 cm³/mol. The summed E-state index contributed by atoms with van der Waals surface area (Å²) in [6, 6.07) is 16.2. The Bertz CT molecular complexity index is 656. The van der Waals surface area contributed by atoms with Crippen LogP contribution in [0.5, 0.6) is 0 Å². The molecule has 0 saturated heterocycles. The first-order valence-electron chi connectivity index (χ1n) is 5.82. The molecule has 0 saturated carbocycles. The number of aromatic nitrogens is 3. The van der Waals surface area contributed by atoms with Crippen LogP contribution in [0.15, 0.2) is 60.9 Å². The summed E-state index contributed by atoms with van der Waals surface area (Å²) < 4.78 is 3.75. The minimum absolute atomic E-state index is 0.872. The van der Waals surface area contributed by atoms with Crippen LogP contribution < -0.4 is 4.57 Å². The van der Waals surface area contributed by atoms with Crippen molar-refractivity contribution in [2.45, 2.75) is 0 Å². The molecule has 88 valence electrons. The van der Waals surface area contributed by atoms with Crippen LogP contribution in [0.25, 0.3) is 17.1 Å². The molecule has 0 spiro atoms. The first kappa shape index (κ1) is 10.7. The van der Waals surface area contributed by atoms with E-state index in [0.29, 0.717) is 0 Å². The maximum Gasteiger partial charge on any atom is 0.244 e. The molecule has 18 heavy (non-hydrogen) atoms. The summed E-state index contributed by atoms with van der Waals surface area (Å²) in [4.78, 5) is 4.64. The van der Waals surface area contributed by atoms with Crippen molar-refractivity contribution in [1.29, 1.82) is 0 Å². The third kappa shape index (κ3) is 2.02. The van der Waals surface area contributed by atoms with E-state index >= 15 is 0 Å². The van der Waals surface area contributed by atoms with Crippen LogP contribution in [-0.2, 0) is 7.05 Å². The van der Waals surface area contributed by atoms with Gasteiger partial charge in [-0.25, -0.2) is 0 Å². The molecule has 0 aliphatic rings. The van der Waals surface area contributed by atoms with Gasteiger partial charge in [-0.15, -0.1) is 0 Å². The van der Waals surface area contributed by atoms with Crippen molar-refractivity contribution in [3.63, 3.8) is 0 Å². The van der Waals surface area contributed by atoms with Gasteiger partial charge in [-0.2, -0.15) is 0 Å². The van der Waals surface area contributed by atoms with Crippen molar-refractivity contribution in [2.75, 3.05) is 0 Å². The monoisotopic (exact) mass is 235 g/mol. The lowest BCUT2D eigenvalue weighted by atomic mass is 10.1. The third-order valence-electron chi connectivity index (χ3n) is 2.76. The summed E-state index contributed by atoms with van der Waals surface area (Å²) in [5.74, 6) is 0.872. The van der Waals surface area contributed by atoms with E-state index in [2.05, 4.69) is 23.4 Å². The maximum absolute atomic E-state index is 4.64. The summed E-state index contributed by atoms with van der Waals surface area (Å²) in [5, 5.41) is 0. The molecule has 3 heteroatoms. The molecule has 0 atom stereocenters. The average molecular weight is 235 g/mol. The molecule has 3 nitrogen and oxygen atoms in total. The van der Waals surface area contributed by atoms with E-state index in [4.69, 9.17) is 0 Å². The number of hydrogen-bond donors (Lipinski definition) is 0.